The highest BCUT2D eigenvalue weighted by atomic mass is 16.3. The van der Waals surface area contributed by atoms with Crippen LogP contribution in [0.3, 0.4) is 0 Å². The Balaban J connectivity index is 1.34. The first-order valence-electron chi connectivity index (χ1n) is 33.7. The van der Waals surface area contributed by atoms with Crippen molar-refractivity contribution in [3.05, 3.63) is 94.3 Å². The van der Waals surface area contributed by atoms with Crippen LogP contribution >= 0.6 is 0 Å². The Labute approximate surface area is 523 Å². The molecule has 2 aliphatic rings. The van der Waals surface area contributed by atoms with Gasteiger partial charge in [0.15, 0.2) is 0 Å². The first kappa shape index (κ1) is 71.3. The standard InChI is InChI=1S/C72H120N10O4/c1-59-25-27-63-64-28-26-61(55-66(64)71(65(63)53-59,31-19-39-81(45-49-83)46-50-84)32-20-40-82(47-51-85)48-52-86)62-56-68-70(74-58-62)69-67(54-60(2)57-73-69)72(68,29-15-11-13-17-37-79(41-21-33-75(3)4)42-22-34-76(5)6)30-16-12-14-18-38-80(43-23-35-77(7)8)44-24-36-78(9)10/h25-28,53-58,83-86H,11-24,29-52H2,1-10H3. The topological polar surface area (TPSA) is 133 Å². The predicted octanol–water partition coefficient (Wildman–Crippen LogP) is 9.74. The van der Waals surface area contributed by atoms with Gasteiger partial charge in [-0.2, -0.15) is 0 Å². The van der Waals surface area contributed by atoms with Crippen molar-refractivity contribution in [3.63, 3.8) is 0 Å². The molecule has 2 aliphatic carbocycles. The number of unbranched alkanes of at least 4 members (excludes halogenated alkanes) is 6. The number of pyridine rings is 2. The molecule has 0 aliphatic heterocycles. The Morgan fingerprint density at radius 3 is 1.10 bits per heavy atom. The van der Waals surface area contributed by atoms with E-state index >= 15 is 0 Å². The van der Waals surface area contributed by atoms with Gasteiger partial charge in [0.05, 0.1) is 37.8 Å². The van der Waals surface area contributed by atoms with E-state index in [1.807, 2.05) is 0 Å². The van der Waals surface area contributed by atoms with Gasteiger partial charge in [0.25, 0.3) is 0 Å². The van der Waals surface area contributed by atoms with Gasteiger partial charge in [-0.15, -0.1) is 0 Å². The summed E-state index contributed by atoms with van der Waals surface area (Å²) in [5.74, 6) is 0. The first-order valence-corrected chi connectivity index (χ1v) is 33.7. The van der Waals surface area contributed by atoms with Crippen molar-refractivity contribution in [2.45, 2.75) is 140 Å². The summed E-state index contributed by atoms with van der Waals surface area (Å²) in [4.78, 5) is 29.9. The fraction of sp³-hybridized carbons (Fsp3) is 0.694. The lowest BCUT2D eigenvalue weighted by atomic mass is 9.70. The number of hydrogen-bond acceptors (Lipinski definition) is 14. The smallest absolute Gasteiger partial charge is 0.0930 e. The lowest BCUT2D eigenvalue weighted by Gasteiger charge is -2.35. The van der Waals surface area contributed by atoms with E-state index < -0.39 is 0 Å². The summed E-state index contributed by atoms with van der Waals surface area (Å²) in [6.07, 6.45) is 24.5. The quantitative estimate of drug-likeness (QED) is 0.0313. The molecule has 2 aromatic carbocycles. The third-order valence-corrected chi connectivity index (χ3v) is 18.8. The van der Waals surface area contributed by atoms with Crippen LogP contribution in [0.1, 0.15) is 149 Å². The number of fused-ring (bicyclic) bond motifs is 6. The Morgan fingerprint density at radius 1 is 0.314 bits per heavy atom. The van der Waals surface area contributed by atoms with E-state index in [-0.39, 0.29) is 37.3 Å². The van der Waals surface area contributed by atoms with E-state index in [0.29, 0.717) is 26.2 Å². The molecule has 0 saturated heterocycles. The van der Waals surface area contributed by atoms with E-state index in [4.69, 9.17) is 9.97 Å². The first-order chi connectivity index (χ1) is 41.6. The minimum atomic E-state index is -0.294. The maximum Gasteiger partial charge on any atom is 0.0930 e. The van der Waals surface area contributed by atoms with E-state index in [1.165, 1.54) is 127 Å². The van der Waals surface area contributed by atoms with Crippen molar-refractivity contribution in [1.82, 2.24) is 49.2 Å². The van der Waals surface area contributed by atoms with Gasteiger partial charge in [0.2, 0.25) is 0 Å². The summed E-state index contributed by atoms with van der Waals surface area (Å²) >= 11 is 0. The van der Waals surface area contributed by atoms with Gasteiger partial charge in [0, 0.05) is 55.0 Å². The molecule has 0 bridgehead atoms. The van der Waals surface area contributed by atoms with Gasteiger partial charge in [-0.1, -0.05) is 80.5 Å². The number of hydrogen-bond donors (Lipinski definition) is 4. The minimum absolute atomic E-state index is 0.0598. The number of benzene rings is 2. The van der Waals surface area contributed by atoms with Crippen LogP contribution in [0.25, 0.3) is 33.6 Å². The average Bonchev–Trinajstić information content (AvgIpc) is 1.59. The Bertz CT molecular complexity index is 2450. The minimum Gasteiger partial charge on any atom is -0.395 e. The fourth-order valence-corrected chi connectivity index (χ4v) is 14.3. The van der Waals surface area contributed by atoms with Crippen molar-refractivity contribution >= 4 is 0 Å². The van der Waals surface area contributed by atoms with E-state index in [9.17, 15) is 20.4 Å². The van der Waals surface area contributed by atoms with Gasteiger partial charge in [-0.3, -0.25) is 19.8 Å². The third-order valence-electron chi connectivity index (χ3n) is 18.8. The molecular formula is C72H120N10O4. The fourth-order valence-electron chi connectivity index (χ4n) is 14.3. The number of aliphatic hydroxyl groups excluding tert-OH is 4. The summed E-state index contributed by atoms with van der Waals surface area (Å²) in [7, 11) is 17.5. The van der Waals surface area contributed by atoms with Crippen molar-refractivity contribution in [3.8, 4) is 33.6 Å². The molecule has 86 heavy (non-hydrogen) atoms. The van der Waals surface area contributed by atoms with Crippen LogP contribution in [0.2, 0.25) is 0 Å². The summed E-state index contributed by atoms with van der Waals surface area (Å²) in [6.45, 7) is 19.9. The molecule has 2 heterocycles. The van der Waals surface area contributed by atoms with Gasteiger partial charge in [-0.25, -0.2) is 0 Å². The number of aryl methyl sites for hydroxylation is 2. The summed E-state index contributed by atoms with van der Waals surface area (Å²) in [6, 6.07) is 19.3. The number of aliphatic hydroxyl groups is 4. The lowest BCUT2D eigenvalue weighted by molar-refractivity contribution is 0.153. The molecule has 0 atom stereocenters. The molecule has 14 heteroatoms. The highest BCUT2D eigenvalue weighted by Crippen LogP contribution is 2.57. The monoisotopic (exact) mass is 1190 g/mol. The molecule has 0 saturated carbocycles. The van der Waals surface area contributed by atoms with Crippen LogP contribution in [0.4, 0.5) is 0 Å². The molecule has 2 aromatic heterocycles. The van der Waals surface area contributed by atoms with Crippen LogP contribution in [0, 0.1) is 13.8 Å². The van der Waals surface area contributed by atoms with Crippen molar-refractivity contribution < 1.29 is 20.4 Å². The molecule has 0 amide bonds. The lowest BCUT2D eigenvalue weighted by Crippen LogP contribution is -2.34. The summed E-state index contributed by atoms with van der Waals surface area (Å²) < 4.78 is 0. The molecule has 4 aromatic rings. The molecule has 0 spiro atoms. The molecule has 6 rings (SSSR count). The molecule has 0 radical (unpaired) electrons. The third kappa shape index (κ3) is 21.2. The summed E-state index contributed by atoms with van der Waals surface area (Å²) in [5.41, 5.74) is 14.5. The van der Waals surface area contributed by atoms with E-state index in [0.717, 1.165) is 134 Å². The Morgan fingerprint density at radius 2 is 0.651 bits per heavy atom. The average molecular weight is 1190 g/mol. The highest BCUT2D eigenvalue weighted by molar-refractivity contribution is 5.85. The molecule has 0 unspecified atom stereocenters. The number of rotatable bonds is 47. The number of nitrogens with zero attached hydrogens (tertiary/aromatic N) is 10. The van der Waals surface area contributed by atoms with Crippen LogP contribution in [-0.2, 0) is 10.8 Å². The zero-order chi connectivity index (χ0) is 61.9. The second-order valence-corrected chi connectivity index (χ2v) is 26.9. The Kier molecular flexibility index (Phi) is 31.0. The van der Waals surface area contributed by atoms with E-state index in [2.05, 4.69) is 170 Å². The van der Waals surface area contributed by atoms with Crippen LogP contribution in [0.5, 0.6) is 0 Å². The molecular weight excluding hydrogens is 1070 g/mol. The van der Waals surface area contributed by atoms with Crippen molar-refractivity contribution in [2.75, 3.05) is 188 Å². The largest absolute Gasteiger partial charge is 0.395 e. The zero-order valence-electron chi connectivity index (χ0n) is 55.9. The number of aromatic nitrogens is 2. The van der Waals surface area contributed by atoms with Crippen molar-refractivity contribution in [2.24, 2.45) is 0 Å². The predicted molar refractivity (Wildman–Crippen MR) is 361 cm³/mol. The maximum absolute atomic E-state index is 10.0. The van der Waals surface area contributed by atoms with Gasteiger partial charge in [0.1, 0.15) is 0 Å². The van der Waals surface area contributed by atoms with Crippen LogP contribution in [-0.4, -0.2) is 257 Å². The Hall–Kier alpha value is -3.74. The maximum atomic E-state index is 10.0. The van der Waals surface area contributed by atoms with Crippen molar-refractivity contribution in [1.29, 1.82) is 0 Å². The van der Waals surface area contributed by atoms with Gasteiger partial charge < -0.3 is 49.8 Å². The van der Waals surface area contributed by atoms with Gasteiger partial charge >= 0.3 is 0 Å². The highest BCUT2D eigenvalue weighted by Gasteiger charge is 2.46. The second-order valence-electron chi connectivity index (χ2n) is 26.9. The SMILES string of the molecule is Cc1ccc2c(c1)C(CCCN(CCO)CCO)(CCCN(CCO)CCO)c1cc(-c3cnc4c(c3)C(CCCCCCN(CCCN(C)C)CCCN(C)C)(CCCCCCN(CCCN(C)C)CCCN(C)C)c3cc(C)cnc3-4)ccc1-2. The van der Waals surface area contributed by atoms with Gasteiger partial charge in [-0.05, 0) is 282 Å². The molecule has 4 N–H and O–H groups in total. The second kappa shape index (κ2) is 37.4. The molecule has 14 nitrogen and oxygen atoms in total. The summed E-state index contributed by atoms with van der Waals surface area (Å²) in [5, 5.41) is 40.0. The van der Waals surface area contributed by atoms with Crippen LogP contribution < -0.4 is 0 Å². The molecule has 0 fully saturated rings. The zero-order valence-corrected chi connectivity index (χ0v) is 55.9. The molecule has 482 valence electrons. The van der Waals surface area contributed by atoms with E-state index in [1.54, 1.807) is 0 Å². The van der Waals surface area contributed by atoms with Crippen LogP contribution in [0.15, 0.2) is 60.9 Å². The normalized spacial score (nSPS) is 14.2.